The van der Waals surface area contributed by atoms with Crippen molar-refractivity contribution in [3.8, 4) is 6.07 Å². The first-order chi connectivity index (χ1) is 14.1. The Balaban J connectivity index is 1.62. The third-order valence-electron chi connectivity index (χ3n) is 4.67. The van der Waals surface area contributed by atoms with E-state index in [1.54, 1.807) is 12.1 Å². The molecule has 0 aliphatic rings. The Hall–Kier alpha value is -3.73. The normalized spacial score (nSPS) is 10.3. The monoisotopic (exact) mass is 379 g/mol. The minimum absolute atomic E-state index is 0.0668. The van der Waals surface area contributed by atoms with Crippen molar-refractivity contribution in [2.75, 3.05) is 7.05 Å². The summed E-state index contributed by atoms with van der Waals surface area (Å²) in [6.45, 7) is 8.48. The summed E-state index contributed by atoms with van der Waals surface area (Å²) in [5, 5.41) is 8.89. The first-order valence-electron chi connectivity index (χ1n) is 9.33. The highest BCUT2D eigenvalue weighted by Gasteiger charge is 2.09. The van der Waals surface area contributed by atoms with Gasteiger partial charge in [0.15, 0.2) is 11.5 Å². The molecule has 4 heteroatoms. The molecule has 3 aromatic carbocycles. The van der Waals surface area contributed by atoms with Crippen LogP contribution in [0.25, 0.3) is 4.85 Å². The lowest BCUT2D eigenvalue weighted by Gasteiger charge is -2.17. The molecule has 0 bridgehead atoms. The van der Waals surface area contributed by atoms with Crippen LogP contribution in [-0.2, 0) is 19.5 Å². The fraction of sp³-hybridized carbons (Fsp3) is 0.160. The summed E-state index contributed by atoms with van der Waals surface area (Å²) in [6, 6.07) is 24.6. The zero-order valence-electron chi connectivity index (χ0n) is 16.3. The van der Waals surface area contributed by atoms with E-state index in [9.17, 15) is 4.79 Å². The van der Waals surface area contributed by atoms with Gasteiger partial charge in [-0.2, -0.15) is 5.26 Å². The molecule has 142 valence electrons. The highest BCUT2D eigenvalue weighted by Crippen LogP contribution is 2.16. The Morgan fingerprint density at radius 3 is 2.28 bits per heavy atom. The maximum Gasteiger partial charge on any atom is 0.187 e. The molecule has 0 fully saturated rings. The highest BCUT2D eigenvalue weighted by atomic mass is 16.1. The van der Waals surface area contributed by atoms with E-state index in [1.165, 1.54) is 0 Å². The van der Waals surface area contributed by atoms with Gasteiger partial charge >= 0.3 is 0 Å². The van der Waals surface area contributed by atoms with Crippen molar-refractivity contribution in [2.24, 2.45) is 0 Å². The molecule has 0 saturated carbocycles. The molecule has 0 aliphatic heterocycles. The molecule has 4 nitrogen and oxygen atoms in total. The SMILES string of the molecule is [C-]#[N+]c1ccc(CC(=O)c2cccc(CN(C)Cc3ccc(C#N)cc3)c2)cc1. The van der Waals surface area contributed by atoms with Crippen LogP contribution in [0.3, 0.4) is 0 Å². The standard InChI is InChI=1S/C25H21N3O/c1-27-24-12-10-19(11-13-24)15-25(29)23-5-3-4-22(14-23)18-28(2)17-21-8-6-20(16-26)7-9-21/h3-14H,15,17-18H2,2H3. The van der Waals surface area contributed by atoms with Crippen molar-refractivity contribution in [1.29, 1.82) is 5.26 Å². The van der Waals surface area contributed by atoms with Gasteiger partial charge in [0.2, 0.25) is 0 Å². The molecule has 0 aromatic heterocycles. The lowest BCUT2D eigenvalue weighted by Crippen LogP contribution is -2.17. The van der Waals surface area contributed by atoms with E-state index in [0.29, 0.717) is 23.2 Å². The van der Waals surface area contributed by atoms with Crippen LogP contribution in [0.15, 0.2) is 72.8 Å². The molecule has 0 N–H and O–H groups in total. The van der Waals surface area contributed by atoms with E-state index in [-0.39, 0.29) is 5.78 Å². The summed E-state index contributed by atoms with van der Waals surface area (Å²) >= 11 is 0. The molecule has 0 unspecified atom stereocenters. The Bertz CT molecular complexity index is 1070. The van der Waals surface area contributed by atoms with Gasteiger partial charge in [0, 0.05) is 25.1 Å². The van der Waals surface area contributed by atoms with Gasteiger partial charge in [-0.3, -0.25) is 9.69 Å². The average molecular weight is 379 g/mol. The number of carbonyl (C=O) groups is 1. The number of rotatable bonds is 7. The summed E-state index contributed by atoms with van der Waals surface area (Å²) in [7, 11) is 2.03. The van der Waals surface area contributed by atoms with Crippen LogP contribution < -0.4 is 0 Å². The molecule has 0 amide bonds. The Morgan fingerprint density at radius 2 is 1.62 bits per heavy atom. The van der Waals surface area contributed by atoms with E-state index in [1.807, 2.05) is 67.7 Å². The van der Waals surface area contributed by atoms with Crippen LogP contribution in [0.1, 0.15) is 32.6 Å². The van der Waals surface area contributed by atoms with E-state index in [0.717, 1.165) is 29.8 Å². The van der Waals surface area contributed by atoms with Crippen LogP contribution in [0.5, 0.6) is 0 Å². The topological polar surface area (TPSA) is 48.5 Å². The van der Waals surface area contributed by atoms with Gasteiger partial charge in [0.25, 0.3) is 0 Å². The number of benzene rings is 3. The zero-order chi connectivity index (χ0) is 20.6. The first kappa shape index (κ1) is 20.0. The van der Waals surface area contributed by atoms with Gasteiger partial charge in [-0.25, -0.2) is 4.85 Å². The second-order valence-corrected chi connectivity index (χ2v) is 7.06. The smallest absolute Gasteiger partial charge is 0.187 e. The van der Waals surface area contributed by atoms with E-state index in [4.69, 9.17) is 11.8 Å². The van der Waals surface area contributed by atoms with Crippen LogP contribution in [0, 0.1) is 17.9 Å². The number of hydrogen-bond donors (Lipinski definition) is 0. The number of nitrogens with zero attached hydrogens (tertiary/aromatic N) is 3. The van der Waals surface area contributed by atoms with Crippen LogP contribution in [-0.4, -0.2) is 17.7 Å². The predicted octanol–water partition coefficient (Wildman–Crippen LogP) is 5.17. The van der Waals surface area contributed by atoms with Crippen molar-refractivity contribution >= 4 is 11.5 Å². The minimum Gasteiger partial charge on any atom is -0.298 e. The quantitative estimate of drug-likeness (QED) is 0.420. The Morgan fingerprint density at radius 1 is 0.966 bits per heavy atom. The molecule has 3 aromatic rings. The second kappa shape index (κ2) is 9.46. The number of Topliss-reactive ketones (excluding diaryl/α,β-unsaturated/α-hetero) is 1. The van der Waals surface area contributed by atoms with E-state index in [2.05, 4.69) is 15.8 Å². The zero-order valence-corrected chi connectivity index (χ0v) is 16.3. The highest BCUT2D eigenvalue weighted by molar-refractivity contribution is 5.97. The molecular formula is C25H21N3O. The number of ketones is 1. The largest absolute Gasteiger partial charge is 0.298 e. The van der Waals surface area contributed by atoms with Crippen molar-refractivity contribution in [2.45, 2.75) is 19.5 Å². The van der Waals surface area contributed by atoms with Crippen LogP contribution in [0.2, 0.25) is 0 Å². The molecule has 0 spiro atoms. The van der Waals surface area contributed by atoms with Crippen molar-refractivity contribution in [3.63, 3.8) is 0 Å². The third kappa shape index (κ3) is 5.62. The fourth-order valence-corrected chi connectivity index (χ4v) is 3.18. The van der Waals surface area contributed by atoms with E-state index < -0.39 is 0 Å². The van der Waals surface area contributed by atoms with Crippen LogP contribution in [0.4, 0.5) is 5.69 Å². The van der Waals surface area contributed by atoms with Crippen molar-refractivity contribution in [1.82, 2.24) is 4.90 Å². The van der Waals surface area contributed by atoms with Crippen LogP contribution >= 0.6 is 0 Å². The number of carbonyl (C=O) groups excluding carboxylic acids is 1. The molecule has 29 heavy (non-hydrogen) atoms. The van der Waals surface area contributed by atoms with Gasteiger partial charge in [-0.15, -0.1) is 0 Å². The lowest BCUT2D eigenvalue weighted by molar-refractivity contribution is 0.0993. The summed E-state index contributed by atoms with van der Waals surface area (Å²) < 4.78 is 0. The molecular weight excluding hydrogens is 358 g/mol. The average Bonchev–Trinajstić information content (AvgIpc) is 2.75. The first-order valence-corrected chi connectivity index (χ1v) is 9.33. The summed E-state index contributed by atoms with van der Waals surface area (Å²) in [6.07, 6.45) is 0.322. The molecule has 0 aliphatic carbocycles. The van der Waals surface area contributed by atoms with E-state index >= 15 is 0 Å². The van der Waals surface area contributed by atoms with Gasteiger partial charge in [0.05, 0.1) is 18.2 Å². The van der Waals surface area contributed by atoms with Gasteiger partial charge in [-0.1, -0.05) is 54.6 Å². The van der Waals surface area contributed by atoms with Gasteiger partial charge < -0.3 is 0 Å². The molecule has 3 rings (SSSR count). The van der Waals surface area contributed by atoms with Crippen molar-refractivity contribution < 1.29 is 4.79 Å². The minimum atomic E-state index is 0.0668. The van der Waals surface area contributed by atoms with Crippen molar-refractivity contribution in [3.05, 3.63) is 112 Å². The summed E-state index contributed by atoms with van der Waals surface area (Å²) in [5.74, 6) is 0.0668. The number of hydrogen-bond acceptors (Lipinski definition) is 3. The second-order valence-electron chi connectivity index (χ2n) is 7.06. The maximum atomic E-state index is 12.7. The summed E-state index contributed by atoms with van der Waals surface area (Å²) in [5.41, 5.74) is 5.06. The maximum absolute atomic E-state index is 12.7. The Kier molecular flexibility index (Phi) is 6.53. The lowest BCUT2D eigenvalue weighted by atomic mass is 10.0. The number of nitriles is 1. The predicted molar refractivity (Wildman–Crippen MR) is 114 cm³/mol. The molecule has 0 radical (unpaired) electrons. The Labute approximate surface area is 171 Å². The fourth-order valence-electron chi connectivity index (χ4n) is 3.18. The molecule has 0 saturated heterocycles. The third-order valence-corrected chi connectivity index (χ3v) is 4.67. The molecule has 0 heterocycles. The van der Waals surface area contributed by atoms with Gasteiger partial charge in [0.1, 0.15) is 0 Å². The molecule has 0 atom stereocenters. The summed E-state index contributed by atoms with van der Waals surface area (Å²) in [4.78, 5) is 18.2. The van der Waals surface area contributed by atoms with Gasteiger partial charge in [-0.05, 0) is 41.9 Å².